The van der Waals surface area contributed by atoms with E-state index < -0.39 is 9.84 Å². The molecule has 2 saturated heterocycles. The minimum atomic E-state index is -3.36. The second kappa shape index (κ2) is 7.21. The molecule has 2 N–H and O–H groups in total. The molecule has 132 valence electrons. The number of hydrogen-bond acceptors (Lipinski definition) is 5. The van der Waals surface area contributed by atoms with Crippen molar-refractivity contribution in [3.05, 3.63) is 29.8 Å². The zero-order valence-corrected chi connectivity index (χ0v) is 14.6. The molecule has 0 spiro atoms. The Bertz CT molecular complexity index is 675. The highest BCUT2D eigenvalue weighted by Crippen LogP contribution is 2.27. The molecule has 1 aromatic rings. The lowest BCUT2D eigenvalue weighted by molar-refractivity contribution is 0.0924. The summed E-state index contributed by atoms with van der Waals surface area (Å²) in [5.41, 5.74) is 0.492. The van der Waals surface area contributed by atoms with E-state index in [1.807, 2.05) is 0 Å². The van der Waals surface area contributed by atoms with Gasteiger partial charge in [-0.25, -0.2) is 8.42 Å². The maximum atomic E-state index is 12.4. The smallest absolute Gasteiger partial charge is 0.251 e. The monoisotopic (exact) mass is 352 g/mol. The molecule has 3 rings (SSSR count). The first-order valence-corrected chi connectivity index (χ1v) is 10.0. The quantitative estimate of drug-likeness (QED) is 0.801. The second-order valence-electron chi connectivity index (χ2n) is 6.62. The number of carbonyl (C=O) groups is 1. The Kier molecular flexibility index (Phi) is 5.22. The molecule has 0 saturated carbocycles. The van der Waals surface area contributed by atoms with Gasteiger partial charge in [0.1, 0.15) is 0 Å². The number of benzene rings is 1. The molecule has 0 radical (unpaired) electrons. The van der Waals surface area contributed by atoms with Crippen LogP contribution < -0.4 is 10.6 Å². The van der Waals surface area contributed by atoms with Gasteiger partial charge in [0.2, 0.25) is 0 Å². The molecule has 0 aliphatic carbocycles. The Morgan fingerprint density at radius 1 is 1.21 bits per heavy atom. The summed E-state index contributed by atoms with van der Waals surface area (Å²) < 4.78 is 29.0. The fraction of sp³-hybridized carbons (Fsp3) is 0.588. The van der Waals surface area contributed by atoms with Crippen molar-refractivity contribution in [2.75, 3.05) is 19.5 Å². The van der Waals surface area contributed by atoms with E-state index in [4.69, 9.17) is 4.74 Å². The molecule has 2 fully saturated rings. The van der Waals surface area contributed by atoms with Gasteiger partial charge in [-0.3, -0.25) is 4.79 Å². The van der Waals surface area contributed by atoms with Crippen LogP contribution in [-0.4, -0.2) is 51.9 Å². The third kappa shape index (κ3) is 3.96. The number of ether oxygens (including phenoxy) is 1. The van der Waals surface area contributed by atoms with E-state index in [0.717, 1.165) is 12.8 Å². The Hall–Kier alpha value is -1.44. The van der Waals surface area contributed by atoms with Crippen molar-refractivity contribution in [2.24, 2.45) is 0 Å². The van der Waals surface area contributed by atoms with Crippen molar-refractivity contribution in [3.8, 4) is 0 Å². The third-order valence-electron chi connectivity index (χ3n) is 4.84. The van der Waals surface area contributed by atoms with Crippen LogP contribution in [0.15, 0.2) is 29.2 Å². The first-order chi connectivity index (χ1) is 11.5. The molecule has 2 atom stereocenters. The lowest BCUT2D eigenvalue weighted by atomic mass is 9.99. The summed E-state index contributed by atoms with van der Waals surface area (Å²) in [5.74, 6) is -0.200. The van der Waals surface area contributed by atoms with E-state index in [-0.39, 0.29) is 29.2 Å². The molecule has 2 bridgehead atoms. The van der Waals surface area contributed by atoms with Crippen LogP contribution in [0.1, 0.15) is 36.0 Å². The summed E-state index contributed by atoms with van der Waals surface area (Å²) in [7, 11) is -1.90. The molecule has 7 heteroatoms. The zero-order chi connectivity index (χ0) is 17.2. The van der Waals surface area contributed by atoms with E-state index in [1.165, 1.54) is 32.1 Å². The number of fused-ring (bicyclic) bond motifs is 2. The van der Waals surface area contributed by atoms with Crippen molar-refractivity contribution in [2.45, 2.75) is 48.7 Å². The van der Waals surface area contributed by atoms with E-state index >= 15 is 0 Å². The van der Waals surface area contributed by atoms with Crippen molar-refractivity contribution in [1.29, 1.82) is 0 Å². The number of hydrogen-bond donors (Lipinski definition) is 2. The minimum absolute atomic E-state index is 0.0626. The fourth-order valence-electron chi connectivity index (χ4n) is 3.57. The summed E-state index contributed by atoms with van der Waals surface area (Å²) in [6, 6.07) is 7.36. The molecule has 1 aromatic carbocycles. The van der Waals surface area contributed by atoms with Crippen LogP contribution in [0.5, 0.6) is 0 Å². The van der Waals surface area contributed by atoms with Crippen LogP contribution in [0.3, 0.4) is 0 Å². The van der Waals surface area contributed by atoms with Crippen LogP contribution in [0, 0.1) is 0 Å². The molecular weight excluding hydrogens is 328 g/mol. The molecule has 2 heterocycles. The van der Waals surface area contributed by atoms with Crippen molar-refractivity contribution >= 4 is 15.7 Å². The number of amides is 1. The lowest BCUT2D eigenvalue weighted by Crippen LogP contribution is -2.48. The van der Waals surface area contributed by atoms with Crippen LogP contribution >= 0.6 is 0 Å². The molecule has 2 aliphatic heterocycles. The molecule has 2 unspecified atom stereocenters. The molecule has 1 amide bonds. The highest BCUT2D eigenvalue weighted by molar-refractivity contribution is 7.91. The topological polar surface area (TPSA) is 84.5 Å². The Balaban J connectivity index is 1.61. The van der Waals surface area contributed by atoms with Crippen LogP contribution in [-0.2, 0) is 14.6 Å². The van der Waals surface area contributed by atoms with Gasteiger partial charge in [0.15, 0.2) is 9.84 Å². The molecular formula is C17H24N2O4S. The second-order valence-corrected chi connectivity index (χ2v) is 8.72. The fourth-order valence-corrected chi connectivity index (χ4v) is 4.74. The van der Waals surface area contributed by atoms with Gasteiger partial charge >= 0.3 is 0 Å². The van der Waals surface area contributed by atoms with E-state index in [9.17, 15) is 13.2 Å². The number of nitrogens with one attached hydrogen (secondary N) is 2. The van der Waals surface area contributed by atoms with E-state index in [2.05, 4.69) is 10.6 Å². The van der Waals surface area contributed by atoms with E-state index in [1.54, 1.807) is 12.1 Å². The van der Waals surface area contributed by atoms with Crippen LogP contribution in [0.4, 0.5) is 0 Å². The SMILES string of the molecule is COCCS(=O)(=O)c1ccc(C(=O)NC2CC3CCC(C2)N3)cc1. The Labute approximate surface area is 142 Å². The van der Waals surface area contributed by atoms with Gasteiger partial charge in [-0.1, -0.05) is 0 Å². The number of rotatable bonds is 6. The average Bonchev–Trinajstić information content (AvgIpc) is 2.91. The summed E-state index contributed by atoms with van der Waals surface area (Å²) in [4.78, 5) is 12.6. The van der Waals surface area contributed by atoms with Crippen LogP contribution in [0.2, 0.25) is 0 Å². The number of sulfone groups is 1. The average molecular weight is 352 g/mol. The van der Waals surface area contributed by atoms with Gasteiger partial charge in [0, 0.05) is 30.8 Å². The summed E-state index contributed by atoms with van der Waals surface area (Å²) in [6.45, 7) is 0.155. The maximum Gasteiger partial charge on any atom is 0.251 e. The standard InChI is InChI=1S/C17H24N2O4S/c1-23-8-9-24(21,22)16-6-2-12(3-7-16)17(20)19-15-10-13-4-5-14(11-15)18-13/h2-3,6-7,13-15,18H,4-5,8-11H2,1H3,(H,19,20). The predicted molar refractivity (Wildman–Crippen MR) is 90.8 cm³/mol. The van der Waals surface area contributed by atoms with Crippen molar-refractivity contribution in [3.63, 3.8) is 0 Å². The minimum Gasteiger partial charge on any atom is -0.384 e. The number of methoxy groups -OCH3 is 1. The molecule has 0 aromatic heterocycles. The normalized spacial score (nSPS) is 26.3. The van der Waals surface area contributed by atoms with Crippen molar-refractivity contribution < 1.29 is 17.9 Å². The summed E-state index contributed by atoms with van der Waals surface area (Å²) in [6.07, 6.45) is 4.30. The van der Waals surface area contributed by atoms with Gasteiger partial charge in [-0.2, -0.15) is 0 Å². The molecule has 2 aliphatic rings. The van der Waals surface area contributed by atoms with Gasteiger partial charge < -0.3 is 15.4 Å². The van der Waals surface area contributed by atoms with Gasteiger partial charge in [0.05, 0.1) is 17.3 Å². The summed E-state index contributed by atoms with van der Waals surface area (Å²) >= 11 is 0. The molecule has 24 heavy (non-hydrogen) atoms. The van der Waals surface area contributed by atoms with E-state index in [0.29, 0.717) is 17.6 Å². The number of carbonyl (C=O) groups excluding carboxylic acids is 1. The third-order valence-corrected chi connectivity index (χ3v) is 6.53. The Morgan fingerprint density at radius 2 is 1.83 bits per heavy atom. The maximum absolute atomic E-state index is 12.4. The number of piperidine rings is 1. The van der Waals surface area contributed by atoms with Gasteiger partial charge in [-0.05, 0) is 49.9 Å². The van der Waals surface area contributed by atoms with Crippen LogP contribution in [0.25, 0.3) is 0 Å². The molecule has 6 nitrogen and oxygen atoms in total. The predicted octanol–water partition coefficient (Wildman–Crippen LogP) is 1.12. The van der Waals surface area contributed by atoms with Gasteiger partial charge in [0.25, 0.3) is 5.91 Å². The summed E-state index contributed by atoms with van der Waals surface area (Å²) in [5, 5.41) is 6.63. The van der Waals surface area contributed by atoms with Crippen molar-refractivity contribution in [1.82, 2.24) is 10.6 Å². The first-order valence-electron chi connectivity index (χ1n) is 8.36. The van der Waals surface area contributed by atoms with Gasteiger partial charge in [-0.15, -0.1) is 0 Å². The Morgan fingerprint density at radius 3 is 2.42 bits per heavy atom. The first kappa shape index (κ1) is 17.4. The zero-order valence-electron chi connectivity index (χ0n) is 13.8. The highest BCUT2D eigenvalue weighted by Gasteiger charge is 2.34. The largest absolute Gasteiger partial charge is 0.384 e. The highest BCUT2D eigenvalue weighted by atomic mass is 32.2. The lowest BCUT2D eigenvalue weighted by Gasteiger charge is -2.29.